The maximum Gasteiger partial charge on any atom is 0.213 e. The van der Waals surface area contributed by atoms with Gasteiger partial charge in [-0.15, -0.1) is 0 Å². The molecule has 2 rings (SSSR count). The van der Waals surface area contributed by atoms with Crippen molar-refractivity contribution in [3.8, 4) is 0 Å². The molecule has 0 bridgehead atoms. The van der Waals surface area contributed by atoms with Crippen LogP contribution in [0.25, 0.3) is 0 Å². The zero-order valence-electron chi connectivity index (χ0n) is 8.42. The zero-order chi connectivity index (χ0) is 9.97. The van der Waals surface area contributed by atoms with E-state index in [2.05, 4.69) is 12.1 Å². The van der Waals surface area contributed by atoms with Crippen molar-refractivity contribution in [3.05, 3.63) is 35.4 Å². The highest BCUT2D eigenvalue weighted by molar-refractivity contribution is 5.91. The largest absolute Gasteiger partial charge is 0.478 e. The number of nitrogens with one attached hydrogen (secondary N) is 1. The topological polar surface area (TPSA) is 33.1 Å². The van der Waals surface area contributed by atoms with Gasteiger partial charge in [-0.2, -0.15) is 0 Å². The zero-order valence-corrected chi connectivity index (χ0v) is 8.42. The summed E-state index contributed by atoms with van der Waals surface area (Å²) < 4.78 is 5.13. The molecular formula is C12H15NO. The lowest BCUT2D eigenvalue weighted by Crippen LogP contribution is -2.04. The van der Waals surface area contributed by atoms with Gasteiger partial charge in [0.05, 0.1) is 6.61 Å². The summed E-state index contributed by atoms with van der Waals surface area (Å²) in [7, 11) is 0. The average molecular weight is 189 g/mol. The van der Waals surface area contributed by atoms with E-state index in [1.165, 1.54) is 18.4 Å². The smallest absolute Gasteiger partial charge is 0.213 e. The van der Waals surface area contributed by atoms with E-state index in [4.69, 9.17) is 10.1 Å². The fraction of sp³-hybridized carbons (Fsp3) is 0.417. The van der Waals surface area contributed by atoms with Crippen LogP contribution in [0.3, 0.4) is 0 Å². The molecule has 1 N–H and O–H groups in total. The van der Waals surface area contributed by atoms with Crippen LogP contribution in [0, 0.1) is 5.41 Å². The molecule has 0 radical (unpaired) electrons. The first kappa shape index (κ1) is 9.25. The minimum absolute atomic E-state index is 0.273. The quantitative estimate of drug-likeness (QED) is 0.575. The Morgan fingerprint density at radius 1 is 1.36 bits per heavy atom. The monoisotopic (exact) mass is 189 g/mol. The molecule has 1 saturated carbocycles. The van der Waals surface area contributed by atoms with Gasteiger partial charge in [0.2, 0.25) is 5.90 Å². The van der Waals surface area contributed by atoms with Gasteiger partial charge in [0.1, 0.15) is 0 Å². The summed E-state index contributed by atoms with van der Waals surface area (Å²) in [6, 6.07) is 8.18. The van der Waals surface area contributed by atoms with Crippen LogP contribution in [0.5, 0.6) is 0 Å². The maximum absolute atomic E-state index is 7.60. The molecule has 1 aromatic carbocycles. The number of hydrogen-bond acceptors (Lipinski definition) is 2. The third-order valence-electron chi connectivity index (χ3n) is 2.51. The van der Waals surface area contributed by atoms with Crippen LogP contribution < -0.4 is 0 Å². The Hall–Kier alpha value is -1.31. The SMILES string of the molecule is CCOC(=N)c1ccc(C2CC2)cc1. The Morgan fingerprint density at radius 3 is 2.50 bits per heavy atom. The van der Waals surface area contributed by atoms with Crippen molar-refractivity contribution >= 4 is 5.90 Å². The molecule has 1 aliphatic carbocycles. The molecule has 0 aliphatic heterocycles. The first-order chi connectivity index (χ1) is 6.81. The fourth-order valence-electron chi connectivity index (χ4n) is 1.55. The van der Waals surface area contributed by atoms with E-state index in [0.29, 0.717) is 6.61 Å². The van der Waals surface area contributed by atoms with Gasteiger partial charge in [0.25, 0.3) is 0 Å². The van der Waals surface area contributed by atoms with Crippen molar-refractivity contribution in [1.29, 1.82) is 5.41 Å². The van der Waals surface area contributed by atoms with Gasteiger partial charge in [-0.3, -0.25) is 5.41 Å². The molecule has 0 spiro atoms. The molecule has 1 aromatic rings. The Kier molecular flexibility index (Phi) is 2.53. The van der Waals surface area contributed by atoms with Gasteiger partial charge in [-0.25, -0.2) is 0 Å². The van der Waals surface area contributed by atoms with Crippen LogP contribution in [0.2, 0.25) is 0 Å². The van der Waals surface area contributed by atoms with Crippen molar-refractivity contribution in [2.75, 3.05) is 6.61 Å². The van der Waals surface area contributed by atoms with Crippen molar-refractivity contribution in [2.24, 2.45) is 0 Å². The van der Waals surface area contributed by atoms with Gasteiger partial charge in [0, 0.05) is 5.56 Å². The normalized spacial score (nSPS) is 15.2. The first-order valence-corrected chi connectivity index (χ1v) is 5.13. The summed E-state index contributed by atoms with van der Waals surface area (Å²) in [6.45, 7) is 2.45. The van der Waals surface area contributed by atoms with Crippen LogP contribution in [-0.2, 0) is 4.74 Å². The number of ether oxygens (including phenoxy) is 1. The van der Waals surface area contributed by atoms with E-state index in [9.17, 15) is 0 Å². The second-order valence-corrected chi connectivity index (χ2v) is 3.66. The van der Waals surface area contributed by atoms with Crippen LogP contribution in [0.1, 0.15) is 36.8 Å². The highest BCUT2D eigenvalue weighted by atomic mass is 16.5. The van der Waals surface area contributed by atoms with Crippen molar-refractivity contribution in [2.45, 2.75) is 25.7 Å². The first-order valence-electron chi connectivity index (χ1n) is 5.13. The van der Waals surface area contributed by atoms with Crippen LogP contribution >= 0.6 is 0 Å². The third kappa shape index (κ3) is 1.95. The minimum Gasteiger partial charge on any atom is -0.478 e. The van der Waals surface area contributed by atoms with Crippen molar-refractivity contribution in [1.82, 2.24) is 0 Å². The second kappa shape index (κ2) is 3.82. The van der Waals surface area contributed by atoms with E-state index < -0.39 is 0 Å². The Morgan fingerprint density at radius 2 is 2.00 bits per heavy atom. The predicted molar refractivity (Wildman–Crippen MR) is 56.9 cm³/mol. The van der Waals surface area contributed by atoms with Crippen molar-refractivity contribution in [3.63, 3.8) is 0 Å². The van der Waals surface area contributed by atoms with E-state index in [0.717, 1.165) is 11.5 Å². The predicted octanol–water partition coefficient (Wildman–Crippen LogP) is 2.93. The van der Waals surface area contributed by atoms with Gasteiger partial charge >= 0.3 is 0 Å². The summed E-state index contributed by atoms with van der Waals surface area (Å²) in [5.41, 5.74) is 2.27. The molecule has 0 amide bonds. The molecule has 74 valence electrons. The number of benzene rings is 1. The molecule has 1 fully saturated rings. The van der Waals surface area contributed by atoms with Gasteiger partial charge in [-0.1, -0.05) is 12.1 Å². The highest BCUT2D eigenvalue weighted by Crippen LogP contribution is 2.39. The molecule has 2 heteroatoms. The molecule has 0 unspecified atom stereocenters. The van der Waals surface area contributed by atoms with Gasteiger partial charge in [0.15, 0.2) is 0 Å². The standard InChI is InChI=1S/C12H15NO/c1-2-14-12(13)11-7-5-10(6-8-11)9-3-4-9/h5-9,13H,2-4H2,1H3. The number of hydrogen-bond donors (Lipinski definition) is 1. The maximum atomic E-state index is 7.60. The van der Waals surface area contributed by atoms with E-state index in [-0.39, 0.29) is 5.90 Å². The van der Waals surface area contributed by atoms with E-state index in [1.807, 2.05) is 19.1 Å². The highest BCUT2D eigenvalue weighted by Gasteiger charge is 2.23. The molecule has 0 atom stereocenters. The Balaban J connectivity index is 2.08. The van der Waals surface area contributed by atoms with Crippen LogP contribution in [0.15, 0.2) is 24.3 Å². The lowest BCUT2D eigenvalue weighted by Gasteiger charge is -2.05. The lowest BCUT2D eigenvalue weighted by atomic mass is 10.1. The summed E-state index contributed by atoms with van der Waals surface area (Å²) in [5.74, 6) is 1.06. The fourth-order valence-corrected chi connectivity index (χ4v) is 1.55. The molecule has 2 nitrogen and oxygen atoms in total. The van der Waals surface area contributed by atoms with Gasteiger partial charge in [-0.05, 0) is 43.4 Å². The summed E-state index contributed by atoms with van der Waals surface area (Å²) in [6.07, 6.45) is 2.64. The van der Waals surface area contributed by atoms with Crippen LogP contribution in [0.4, 0.5) is 0 Å². The molecule has 1 aliphatic rings. The minimum atomic E-state index is 0.273. The Bertz CT molecular complexity index is 325. The van der Waals surface area contributed by atoms with Crippen LogP contribution in [-0.4, -0.2) is 12.5 Å². The summed E-state index contributed by atoms with van der Waals surface area (Å²) in [5, 5.41) is 7.60. The number of rotatable bonds is 3. The Labute approximate surface area is 84.4 Å². The molecular weight excluding hydrogens is 174 g/mol. The summed E-state index contributed by atoms with van der Waals surface area (Å²) in [4.78, 5) is 0. The van der Waals surface area contributed by atoms with E-state index >= 15 is 0 Å². The van der Waals surface area contributed by atoms with E-state index in [1.54, 1.807) is 0 Å². The average Bonchev–Trinajstić information content (AvgIpc) is 3.02. The summed E-state index contributed by atoms with van der Waals surface area (Å²) >= 11 is 0. The molecule has 0 saturated heterocycles. The third-order valence-corrected chi connectivity index (χ3v) is 2.51. The molecule has 14 heavy (non-hydrogen) atoms. The van der Waals surface area contributed by atoms with Crippen molar-refractivity contribution < 1.29 is 4.74 Å². The second-order valence-electron chi connectivity index (χ2n) is 3.66. The lowest BCUT2D eigenvalue weighted by molar-refractivity contribution is 0.325. The molecule has 0 heterocycles. The van der Waals surface area contributed by atoms with Gasteiger partial charge < -0.3 is 4.74 Å². The molecule has 0 aromatic heterocycles.